The van der Waals surface area contributed by atoms with Gasteiger partial charge in [-0.15, -0.1) is 0 Å². The van der Waals surface area contributed by atoms with Crippen molar-refractivity contribution < 1.29 is 5.11 Å². The summed E-state index contributed by atoms with van der Waals surface area (Å²) in [5.74, 6) is 5.24. The first kappa shape index (κ1) is 12.0. The van der Waals surface area contributed by atoms with Crippen LogP contribution in [0, 0.1) is 35.5 Å². The standard InChI is InChI=1S/C16H28O/c1-10(2)3-4-15(17)16-13-6-11-5-12(8-13)9-14(16)7-11/h10-17H,3-9H2,1-2H3. The molecule has 4 aliphatic rings. The molecule has 4 rings (SSSR count). The predicted molar refractivity (Wildman–Crippen MR) is 70.6 cm³/mol. The molecule has 4 bridgehead atoms. The van der Waals surface area contributed by atoms with Crippen LogP contribution in [0.1, 0.15) is 58.8 Å². The van der Waals surface area contributed by atoms with Gasteiger partial charge in [0.1, 0.15) is 0 Å². The normalized spacial score (nSPS) is 45.5. The Morgan fingerprint density at radius 3 is 1.88 bits per heavy atom. The van der Waals surface area contributed by atoms with Gasteiger partial charge in [-0.05, 0) is 80.5 Å². The van der Waals surface area contributed by atoms with Crippen molar-refractivity contribution in [2.24, 2.45) is 35.5 Å². The molecule has 0 aromatic heterocycles. The van der Waals surface area contributed by atoms with Crippen LogP contribution in [-0.4, -0.2) is 11.2 Å². The number of hydrogen-bond donors (Lipinski definition) is 1. The zero-order chi connectivity index (χ0) is 12.0. The van der Waals surface area contributed by atoms with E-state index in [-0.39, 0.29) is 6.10 Å². The Hall–Kier alpha value is -0.0400. The molecule has 1 unspecified atom stereocenters. The van der Waals surface area contributed by atoms with Crippen LogP contribution in [0.25, 0.3) is 0 Å². The van der Waals surface area contributed by atoms with E-state index in [1.807, 2.05) is 0 Å². The predicted octanol–water partition coefficient (Wildman–Crippen LogP) is 3.86. The summed E-state index contributed by atoms with van der Waals surface area (Å²) in [5.41, 5.74) is 0. The molecule has 4 aliphatic carbocycles. The fourth-order valence-corrected chi connectivity index (χ4v) is 5.29. The van der Waals surface area contributed by atoms with Gasteiger partial charge in [0.15, 0.2) is 0 Å². The van der Waals surface area contributed by atoms with E-state index >= 15 is 0 Å². The lowest BCUT2D eigenvalue weighted by molar-refractivity contribution is -0.0920. The van der Waals surface area contributed by atoms with Gasteiger partial charge in [0.25, 0.3) is 0 Å². The zero-order valence-corrected chi connectivity index (χ0v) is 11.4. The zero-order valence-electron chi connectivity index (χ0n) is 11.4. The molecule has 1 atom stereocenters. The lowest BCUT2D eigenvalue weighted by atomic mass is 9.50. The summed E-state index contributed by atoms with van der Waals surface area (Å²) in [5, 5.41) is 10.5. The largest absolute Gasteiger partial charge is 0.393 e. The molecule has 4 fully saturated rings. The average molecular weight is 236 g/mol. The fourth-order valence-electron chi connectivity index (χ4n) is 5.29. The van der Waals surface area contributed by atoms with Crippen molar-refractivity contribution in [3.8, 4) is 0 Å². The van der Waals surface area contributed by atoms with Crippen LogP contribution >= 0.6 is 0 Å². The molecular formula is C16H28O. The van der Waals surface area contributed by atoms with Crippen molar-refractivity contribution in [2.75, 3.05) is 0 Å². The lowest BCUT2D eigenvalue weighted by Gasteiger charge is -2.55. The van der Waals surface area contributed by atoms with Crippen LogP contribution < -0.4 is 0 Å². The topological polar surface area (TPSA) is 20.2 Å². The monoisotopic (exact) mass is 236 g/mol. The van der Waals surface area contributed by atoms with E-state index in [1.165, 1.54) is 38.5 Å². The summed E-state index contributed by atoms with van der Waals surface area (Å²) in [6, 6.07) is 0. The summed E-state index contributed by atoms with van der Waals surface area (Å²) in [4.78, 5) is 0. The molecule has 0 amide bonds. The van der Waals surface area contributed by atoms with E-state index in [4.69, 9.17) is 0 Å². The summed E-state index contributed by atoms with van der Waals surface area (Å²) >= 11 is 0. The molecule has 98 valence electrons. The quantitative estimate of drug-likeness (QED) is 0.786. The van der Waals surface area contributed by atoms with E-state index < -0.39 is 0 Å². The maximum absolute atomic E-state index is 10.5. The Morgan fingerprint density at radius 2 is 1.41 bits per heavy atom. The van der Waals surface area contributed by atoms with Crippen molar-refractivity contribution in [3.63, 3.8) is 0 Å². The van der Waals surface area contributed by atoms with Crippen molar-refractivity contribution in [1.29, 1.82) is 0 Å². The highest BCUT2D eigenvalue weighted by atomic mass is 16.3. The van der Waals surface area contributed by atoms with E-state index in [0.717, 1.165) is 36.0 Å². The average Bonchev–Trinajstić information content (AvgIpc) is 2.24. The highest BCUT2D eigenvalue weighted by Gasteiger charge is 2.49. The third-order valence-electron chi connectivity index (χ3n) is 5.78. The molecule has 0 spiro atoms. The summed E-state index contributed by atoms with van der Waals surface area (Å²) < 4.78 is 0. The van der Waals surface area contributed by atoms with E-state index in [2.05, 4.69) is 13.8 Å². The van der Waals surface area contributed by atoms with Crippen LogP contribution in [0.15, 0.2) is 0 Å². The minimum Gasteiger partial charge on any atom is -0.393 e. The van der Waals surface area contributed by atoms with Crippen LogP contribution in [0.3, 0.4) is 0 Å². The smallest absolute Gasteiger partial charge is 0.0573 e. The molecule has 1 heteroatoms. The molecule has 0 saturated heterocycles. The third kappa shape index (κ3) is 2.28. The SMILES string of the molecule is CC(C)CCC(O)C1C2CC3CC(C2)CC1C3. The first-order valence-corrected chi connectivity index (χ1v) is 7.81. The first-order valence-electron chi connectivity index (χ1n) is 7.81. The van der Waals surface area contributed by atoms with Crippen molar-refractivity contribution >= 4 is 0 Å². The second-order valence-electron chi connectivity index (χ2n) is 7.55. The van der Waals surface area contributed by atoms with Gasteiger partial charge in [-0.3, -0.25) is 0 Å². The lowest BCUT2D eigenvalue weighted by Crippen LogP contribution is -2.49. The minimum absolute atomic E-state index is 0.00685. The first-order chi connectivity index (χ1) is 8.13. The van der Waals surface area contributed by atoms with Gasteiger partial charge < -0.3 is 5.11 Å². The van der Waals surface area contributed by atoms with Gasteiger partial charge in [-0.2, -0.15) is 0 Å². The molecule has 0 aromatic carbocycles. The second kappa shape index (κ2) is 4.57. The molecule has 0 aliphatic heterocycles. The van der Waals surface area contributed by atoms with E-state index in [0.29, 0.717) is 5.92 Å². The fraction of sp³-hybridized carbons (Fsp3) is 1.00. The van der Waals surface area contributed by atoms with Gasteiger partial charge in [0.2, 0.25) is 0 Å². The van der Waals surface area contributed by atoms with Crippen LogP contribution in [-0.2, 0) is 0 Å². The second-order valence-corrected chi connectivity index (χ2v) is 7.55. The number of rotatable bonds is 4. The number of aliphatic hydroxyl groups excluding tert-OH is 1. The van der Waals surface area contributed by atoms with Crippen molar-refractivity contribution in [1.82, 2.24) is 0 Å². The Balaban J connectivity index is 1.63. The molecular weight excluding hydrogens is 208 g/mol. The van der Waals surface area contributed by atoms with Crippen LogP contribution in [0.2, 0.25) is 0 Å². The summed E-state index contributed by atoms with van der Waals surface area (Å²) in [6.45, 7) is 4.53. The molecule has 17 heavy (non-hydrogen) atoms. The summed E-state index contributed by atoms with van der Waals surface area (Å²) in [7, 11) is 0. The molecule has 1 N–H and O–H groups in total. The van der Waals surface area contributed by atoms with Crippen LogP contribution in [0.4, 0.5) is 0 Å². The highest BCUT2D eigenvalue weighted by Crippen LogP contribution is 2.57. The molecule has 0 heterocycles. The summed E-state index contributed by atoms with van der Waals surface area (Å²) in [6.07, 6.45) is 9.53. The van der Waals surface area contributed by atoms with Gasteiger partial charge in [0, 0.05) is 0 Å². The van der Waals surface area contributed by atoms with Gasteiger partial charge >= 0.3 is 0 Å². The van der Waals surface area contributed by atoms with E-state index in [1.54, 1.807) is 0 Å². The molecule has 0 aromatic rings. The number of hydrogen-bond acceptors (Lipinski definition) is 1. The Morgan fingerprint density at radius 1 is 0.882 bits per heavy atom. The third-order valence-corrected chi connectivity index (χ3v) is 5.78. The van der Waals surface area contributed by atoms with E-state index in [9.17, 15) is 5.11 Å². The molecule has 1 nitrogen and oxygen atoms in total. The van der Waals surface area contributed by atoms with Gasteiger partial charge in [-0.25, -0.2) is 0 Å². The highest BCUT2D eigenvalue weighted by molar-refractivity contribution is 5.00. The molecule has 4 saturated carbocycles. The van der Waals surface area contributed by atoms with Gasteiger partial charge in [-0.1, -0.05) is 13.8 Å². The van der Waals surface area contributed by atoms with Crippen LogP contribution in [0.5, 0.6) is 0 Å². The Bertz CT molecular complexity index is 243. The van der Waals surface area contributed by atoms with Crippen molar-refractivity contribution in [3.05, 3.63) is 0 Å². The van der Waals surface area contributed by atoms with Gasteiger partial charge in [0.05, 0.1) is 6.10 Å². The Labute approximate surface area is 106 Å². The maximum atomic E-state index is 10.5. The minimum atomic E-state index is 0.00685. The maximum Gasteiger partial charge on any atom is 0.0573 e. The molecule has 0 radical (unpaired) electrons. The van der Waals surface area contributed by atoms with Crippen molar-refractivity contribution in [2.45, 2.75) is 64.9 Å². The Kier molecular flexibility index (Phi) is 3.23. The number of aliphatic hydroxyl groups is 1.